The van der Waals surface area contributed by atoms with Gasteiger partial charge in [0, 0.05) is 25.8 Å². The van der Waals surface area contributed by atoms with Crippen LogP contribution in [0.3, 0.4) is 0 Å². The van der Waals surface area contributed by atoms with Crippen LogP contribution in [0.2, 0.25) is 0 Å². The van der Waals surface area contributed by atoms with Gasteiger partial charge < -0.3 is 19.6 Å². The number of aliphatic hydroxyl groups is 1. The second-order valence-corrected chi connectivity index (χ2v) is 9.53. The van der Waals surface area contributed by atoms with Crippen molar-refractivity contribution in [3.8, 4) is 0 Å². The summed E-state index contributed by atoms with van der Waals surface area (Å²) in [7, 11) is 0. The van der Waals surface area contributed by atoms with E-state index in [1.54, 1.807) is 6.20 Å². The predicted octanol–water partition coefficient (Wildman–Crippen LogP) is 3.64. The van der Waals surface area contributed by atoms with E-state index in [1.165, 1.54) is 30.6 Å². The van der Waals surface area contributed by atoms with Gasteiger partial charge in [-0.2, -0.15) is 0 Å². The third-order valence-electron chi connectivity index (χ3n) is 5.11. The zero-order valence-corrected chi connectivity index (χ0v) is 16.9. The van der Waals surface area contributed by atoms with Gasteiger partial charge in [-0.25, -0.2) is 9.78 Å². The van der Waals surface area contributed by atoms with Gasteiger partial charge in [-0.15, -0.1) is 0 Å². The highest BCUT2D eigenvalue weighted by Crippen LogP contribution is 2.31. The summed E-state index contributed by atoms with van der Waals surface area (Å²) in [5.41, 5.74) is -0.478. The Labute approximate surface area is 160 Å². The molecule has 2 aliphatic rings. The molecule has 7 heteroatoms. The zero-order chi connectivity index (χ0) is 18.7. The van der Waals surface area contributed by atoms with Gasteiger partial charge in [0.25, 0.3) is 0 Å². The lowest BCUT2D eigenvalue weighted by Crippen LogP contribution is -2.53. The summed E-state index contributed by atoms with van der Waals surface area (Å²) in [4.78, 5) is 22.4. The van der Waals surface area contributed by atoms with Crippen LogP contribution in [0.25, 0.3) is 0 Å². The fraction of sp³-hybridized carbons (Fsp3) is 0.789. The third kappa shape index (κ3) is 4.88. The lowest BCUT2D eigenvalue weighted by Gasteiger charge is -2.42. The molecule has 0 radical (unpaired) electrons. The molecule has 1 aliphatic heterocycles. The largest absolute Gasteiger partial charge is 0.444 e. The molecule has 1 amide bonds. The molecule has 1 aromatic rings. The number of carbonyl (C=O) groups excluding carboxylic acids is 1. The normalized spacial score (nSPS) is 21.4. The van der Waals surface area contributed by atoms with E-state index in [-0.39, 0.29) is 18.7 Å². The Balaban J connectivity index is 1.70. The summed E-state index contributed by atoms with van der Waals surface area (Å²) < 4.78 is 5.71. The molecule has 1 saturated heterocycles. The van der Waals surface area contributed by atoms with E-state index < -0.39 is 5.60 Å². The van der Waals surface area contributed by atoms with Crippen molar-refractivity contribution in [2.75, 3.05) is 24.5 Å². The number of ether oxygens (including phenoxy) is 1. The first-order valence-electron chi connectivity index (χ1n) is 9.66. The highest BCUT2D eigenvalue weighted by Gasteiger charge is 2.35. The minimum atomic E-state index is -0.478. The molecule has 2 fully saturated rings. The average molecular weight is 382 g/mol. The highest BCUT2D eigenvalue weighted by molar-refractivity contribution is 7.15. The molecule has 2 heterocycles. The first-order valence-corrected chi connectivity index (χ1v) is 10.5. The Morgan fingerprint density at radius 3 is 2.73 bits per heavy atom. The van der Waals surface area contributed by atoms with E-state index in [0.717, 1.165) is 42.5 Å². The summed E-state index contributed by atoms with van der Waals surface area (Å²) in [6.07, 6.45) is 7.27. The molecule has 1 atom stereocenters. The Morgan fingerprint density at radius 1 is 1.38 bits per heavy atom. The predicted molar refractivity (Wildman–Crippen MR) is 104 cm³/mol. The van der Waals surface area contributed by atoms with Gasteiger partial charge in [-0.3, -0.25) is 0 Å². The molecule has 1 aromatic heterocycles. The number of carbonyl (C=O) groups is 1. The van der Waals surface area contributed by atoms with Crippen LogP contribution in [0, 0.1) is 5.92 Å². The standard InChI is InChI=1S/C19H31N3O3S/c1-19(2,3)25-18(24)22(11-14-6-4-7-14)15-8-5-9-21(12-15)17-20-10-16(13-23)26-17/h10,14-15,23H,4-9,11-13H2,1-3H3. The van der Waals surface area contributed by atoms with Crippen molar-refractivity contribution < 1.29 is 14.6 Å². The molecule has 3 rings (SSSR count). The second-order valence-electron chi connectivity index (χ2n) is 8.44. The summed E-state index contributed by atoms with van der Waals surface area (Å²) >= 11 is 1.53. The number of hydrogen-bond donors (Lipinski definition) is 1. The van der Waals surface area contributed by atoms with Gasteiger partial charge in [-0.1, -0.05) is 17.8 Å². The Kier molecular flexibility index (Phi) is 6.07. The summed E-state index contributed by atoms with van der Waals surface area (Å²) in [5.74, 6) is 0.610. The van der Waals surface area contributed by atoms with Crippen LogP contribution in [-0.4, -0.2) is 52.4 Å². The third-order valence-corrected chi connectivity index (χ3v) is 6.16. The van der Waals surface area contributed by atoms with Crippen LogP contribution in [-0.2, 0) is 11.3 Å². The first-order chi connectivity index (χ1) is 12.4. The maximum absolute atomic E-state index is 12.9. The minimum Gasteiger partial charge on any atom is -0.444 e. The van der Waals surface area contributed by atoms with E-state index in [9.17, 15) is 9.90 Å². The van der Waals surface area contributed by atoms with Crippen molar-refractivity contribution in [1.29, 1.82) is 0 Å². The molecule has 0 aromatic carbocycles. The Morgan fingerprint density at radius 2 is 2.15 bits per heavy atom. The maximum atomic E-state index is 12.9. The molecule has 1 unspecified atom stereocenters. The number of thiazole rings is 1. The summed E-state index contributed by atoms with van der Waals surface area (Å²) in [5, 5.41) is 10.2. The van der Waals surface area contributed by atoms with Gasteiger partial charge in [0.05, 0.1) is 17.5 Å². The fourth-order valence-electron chi connectivity index (χ4n) is 3.55. The van der Waals surface area contributed by atoms with Gasteiger partial charge in [0.2, 0.25) is 0 Å². The number of rotatable bonds is 5. The number of piperidine rings is 1. The molecule has 6 nitrogen and oxygen atoms in total. The molecule has 1 N–H and O–H groups in total. The van der Waals surface area contributed by atoms with Crippen molar-refractivity contribution in [1.82, 2.24) is 9.88 Å². The highest BCUT2D eigenvalue weighted by atomic mass is 32.1. The van der Waals surface area contributed by atoms with E-state index in [4.69, 9.17) is 4.74 Å². The molecule has 146 valence electrons. The lowest BCUT2D eigenvalue weighted by molar-refractivity contribution is 0.00736. The summed E-state index contributed by atoms with van der Waals surface area (Å²) in [6.45, 7) is 8.32. The number of hydrogen-bond acceptors (Lipinski definition) is 6. The van der Waals surface area contributed by atoms with Crippen LogP contribution < -0.4 is 4.90 Å². The second kappa shape index (κ2) is 8.13. The Hall–Kier alpha value is -1.34. The zero-order valence-electron chi connectivity index (χ0n) is 16.1. The van der Waals surface area contributed by atoms with E-state index in [1.807, 2.05) is 25.7 Å². The van der Waals surface area contributed by atoms with E-state index in [0.29, 0.717) is 5.92 Å². The van der Waals surface area contributed by atoms with Crippen molar-refractivity contribution in [2.45, 2.75) is 71.1 Å². The smallest absolute Gasteiger partial charge is 0.410 e. The molecule has 1 saturated carbocycles. The topological polar surface area (TPSA) is 65.9 Å². The monoisotopic (exact) mass is 381 g/mol. The van der Waals surface area contributed by atoms with Gasteiger partial charge in [0.15, 0.2) is 5.13 Å². The molecular formula is C19H31N3O3S. The van der Waals surface area contributed by atoms with Crippen LogP contribution in [0.15, 0.2) is 6.20 Å². The maximum Gasteiger partial charge on any atom is 0.410 e. The Bertz CT molecular complexity index is 609. The molecule has 1 aliphatic carbocycles. The van der Waals surface area contributed by atoms with Crippen LogP contribution in [0.1, 0.15) is 57.8 Å². The van der Waals surface area contributed by atoms with Crippen molar-refractivity contribution in [2.24, 2.45) is 5.92 Å². The van der Waals surface area contributed by atoms with Crippen LogP contribution in [0.4, 0.5) is 9.93 Å². The minimum absolute atomic E-state index is 0.0284. The van der Waals surface area contributed by atoms with Gasteiger partial charge in [-0.05, 0) is 52.4 Å². The summed E-state index contributed by atoms with van der Waals surface area (Å²) in [6, 6.07) is 0.153. The van der Waals surface area contributed by atoms with E-state index >= 15 is 0 Å². The van der Waals surface area contributed by atoms with Crippen molar-refractivity contribution in [3.63, 3.8) is 0 Å². The molecule has 0 bridgehead atoms. The van der Waals surface area contributed by atoms with Crippen LogP contribution >= 0.6 is 11.3 Å². The number of anilines is 1. The average Bonchev–Trinajstić information content (AvgIpc) is 3.01. The first kappa shape index (κ1) is 19.4. The van der Waals surface area contributed by atoms with E-state index in [2.05, 4.69) is 9.88 Å². The molecule has 26 heavy (non-hydrogen) atoms. The number of aliphatic hydroxyl groups excluding tert-OH is 1. The van der Waals surface area contributed by atoms with Crippen LogP contribution in [0.5, 0.6) is 0 Å². The fourth-order valence-corrected chi connectivity index (χ4v) is 4.35. The molecule has 0 spiro atoms. The van der Waals surface area contributed by atoms with Gasteiger partial charge in [0.1, 0.15) is 5.60 Å². The van der Waals surface area contributed by atoms with Gasteiger partial charge >= 0.3 is 6.09 Å². The lowest BCUT2D eigenvalue weighted by atomic mass is 9.84. The van der Waals surface area contributed by atoms with Crippen molar-refractivity contribution in [3.05, 3.63) is 11.1 Å². The number of aromatic nitrogens is 1. The quantitative estimate of drug-likeness (QED) is 0.843. The number of nitrogens with zero attached hydrogens (tertiary/aromatic N) is 3. The van der Waals surface area contributed by atoms with Crippen molar-refractivity contribution >= 4 is 22.6 Å². The molecular weight excluding hydrogens is 350 g/mol. The number of amides is 1. The SMILES string of the molecule is CC(C)(C)OC(=O)N(CC1CCC1)C1CCCN(c2ncc(CO)s2)C1.